The highest BCUT2D eigenvalue weighted by Crippen LogP contribution is 2.24. The maximum atomic E-state index is 6.00. The van der Waals surface area contributed by atoms with Gasteiger partial charge >= 0.3 is 0 Å². The van der Waals surface area contributed by atoms with Gasteiger partial charge in [-0.15, -0.1) is 0 Å². The molecule has 1 aromatic carbocycles. The van der Waals surface area contributed by atoms with Gasteiger partial charge in [0.2, 0.25) is 0 Å². The molecule has 1 aromatic heterocycles. The number of benzene rings is 1. The van der Waals surface area contributed by atoms with Gasteiger partial charge in [-0.3, -0.25) is 0 Å². The van der Waals surface area contributed by atoms with E-state index in [1.807, 2.05) is 33.2 Å². The Kier molecular flexibility index (Phi) is 2.94. The molecule has 2 rings (SSSR count). The minimum absolute atomic E-state index is 0.0652. The van der Waals surface area contributed by atoms with Crippen LogP contribution in [0.5, 0.6) is 0 Å². The molecule has 0 bridgehead atoms. The van der Waals surface area contributed by atoms with Gasteiger partial charge in [0, 0.05) is 12.1 Å². The molecule has 2 atom stereocenters. The Morgan fingerprint density at radius 1 is 1.38 bits per heavy atom. The average molecular weight is 219 g/mol. The molecular weight excluding hydrogens is 202 g/mol. The summed E-state index contributed by atoms with van der Waals surface area (Å²) in [6.07, 6.45) is 1.46. The van der Waals surface area contributed by atoms with Crippen LogP contribution >= 0.6 is 0 Å². The topological polar surface area (TPSA) is 55.3 Å². The quantitative estimate of drug-likeness (QED) is 0.855. The number of hydrogen-bond acceptors (Lipinski definition) is 4. The SMILES string of the molecule is CC(N)C(c1ccc2ncoc2c1)N(C)C. The van der Waals surface area contributed by atoms with E-state index in [0.717, 1.165) is 16.7 Å². The second kappa shape index (κ2) is 4.23. The fourth-order valence-electron chi connectivity index (χ4n) is 2.13. The second-order valence-electron chi connectivity index (χ2n) is 4.35. The van der Waals surface area contributed by atoms with E-state index < -0.39 is 0 Å². The Labute approximate surface area is 95.1 Å². The van der Waals surface area contributed by atoms with Crippen LogP contribution in [0.4, 0.5) is 0 Å². The number of rotatable bonds is 3. The highest BCUT2D eigenvalue weighted by molar-refractivity contribution is 5.72. The number of aromatic nitrogens is 1. The minimum Gasteiger partial charge on any atom is -0.443 e. The summed E-state index contributed by atoms with van der Waals surface area (Å²) in [4.78, 5) is 6.21. The average Bonchev–Trinajstić information content (AvgIpc) is 2.63. The molecular formula is C12H17N3O. The lowest BCUT2D eigenvalue weighted by molar-refractivity contribution is 0.266. The van der Waals surface area contributed by atoms with Gasteiger partial charge in [-0.2, -0.15) is 0 Å². The lowest BCUT2D eigenvalue weighted by Crippen LogP contribution is -2.34. The van der Waals surface area contributed by atoms with Gasteiger partial charge in [0.05, 0.1) is 0 Å². The van der Waals surface area contributed by atoms with Crippen molar-refractivity contribution in [3.05, 3.63) is 30.2 Å². The monoisotopic (exact) mass is 219 g/mol. The molecule has 0 fully saturated rings. The van der Waals surface area contributed by atoms with E-state index in [2.05, 4.69) is 16.0 Å². The zero-order chi connectivity index (χ0) is 11.7. The van der Waals surface area contributed by atoms with E-state index in [1.165, 1.54) is 6.39 Å². The van der Waals surface area contributed by atoms with E-state index in [4.69, 9.17) is 10.2 Å². The standard InChI is InChI=1S/C12H17N3O/c1-8(13)12(15(2)3)9-4-5-10-11(6-9)16-7-14-10/h4-8,12H,13H2,1-3H3. The Balaban J connectivity index is 2.44. The number of fused-ring (bicyclic) bond motifs is 1. The number of hydrogen-bond donors (Lipinski definition) is 1. The fraction of sp³-hybridized carbons (Fsp3) is 0.417. The third-order valence-corrected chi connectivity index (χ3v) is 2.75. The van der Waals surface area contributed by atoms with Crippen LogP contribution in [-0.2, 0) is 0 Å². The van der Waals surface area contributed by atoms with Crippen LogP contribution in [0.25, 0.3) is 11.1 Å². The predicted octanol–water partition coefficient (Wildman–Crippen LogP) is 1.78. The maximum Gasteiger partial charge on any atom is 0.181 e. The smallest absolute Gasteiger partial charge is 0.181 e. The van der Waals surface area contributed by atoms with Crippen molar-refractivity contribution >= 4 is 11.1 Å². The highest BCUT2D eigenvalue weighted by atomic mass is 16.3. The predicted molar refractivity (Wildman–Crippen MR) is 64.1 cm³/mol. The molecule has 4 heteroatoms. The Morgan fingerprint density at radius 3 is 2.75 bits per heavy atom. The summed E-state index contributed by atoms with van der Waals surface area (Å²) in [6.45, 7) is 2.01. The van der Waals surface area contributed by atoms with Gasteiger partial charge in [-0.1, -0.05) is 6.07 Å². The van der Waals surface area contributed by atoms with Gasteiger partial charge in [0.15, 0.2) is 12.0 Å². The van der Waals surface area contributed by atoms with Crippen molar-refractivity contribution in [2.24, 2.45) is 5.73 Å². The van der Waals surface area contributed by atoms with Crippen molar-refractivity contribution in [3.63, 3.8) is 0 Å². The lowest BCUT2D eigenvalue weighted by Gasteiger charge is -2.28. The molecule has 0 aliphatic carbocycles. The number of oxazole rings is 1. The molecule has 0 radical (unpaired) electrons. The second-order valence-corrected chi connectivity index (χ2v) is 4.35. The van der Waals surface area contributed by atoms with Crippen LogP contribution in [0.2, 0.25) is 0 Å². The Hall–Kier alpha value is -1.39. The molecule has 0 saturated heterocycles. The summed E-state index contributed by atoms with van der Waals surface area (Å²) < 4.78 is 5.30. The minimum atomic E-state index is 0.0652. The molecule has 0 aliphatic heterocycles. The highest BCUT2D eigenvalue weighted by Gasteiger charge is 2.19. The van der Waals surface area contributed by atoms with Gasteiger partial charge in [-0.05, 0) is 38.7 Å². The van der Waals surface area contributed by atoms with Crippen molar-refractivity contribution in [1.29, 1.82) is 0 Å². The summed E-state index contributed by atoms with van der Waals surface area (Å²) in [5, 5.41) is 0. The van der Waals surface area contributed by atoms with Gasteiger partial charge in [0.1, 0.15) is 5.52 Å². The number of likely N-dealkylation sites (N-methyl/N-ethyl adjacent to an activating group) is 1. The van der Waals surface area contributed by atoms with Crippen LogP contribution in [-0.4, -0.2) is 30.0 Å². The molecule has 0 aliphatic rings. The first-order valence-corrected chi connectivity index (χ1v) is 5.34. The van der Waals surface area contributed by atoms with Gasteiger partial charge in [-0.25, -0.2) is 4.98 Å². The van der Waals surface area contributed by atoms with Gasteiger partial charge < -0.3 is 15.1 Å². The van der Waals surface area contributed by atoms with Crippen LogP contribution in [0.3, 0.4) is 0 Å². The summed E-state index contributed by atoms with van der Waals surface area (Å²) >= 11 is 0. The Morgan fingerprint density at radius 2 is 2.12 bits per heavy atom. The summed E-state index contributed by atoms with van der Waals surface area (Å²) in [7, 11) is 4.05. The third kappa shape index (κ3) is 1.94. The molecule has 2 unspecified atom stereocenters. The Bertz CT molecular complexity index is 468. The maximum absolute atomic E-state index is 6.00. The van der Waals surface area contributed by atoms with Crippen LogP contribution in [0.1, 0.15) is 18.5 Å². The molecule has 2 N–H and O–H groups in total. The molecule has 16 heavy (non-hydrogen) atoms. The molecule has 4 nitrogen and oxygen atoms in total. The first-order valence-electron chi connectivity index (χ1n) is 5.34. The fourth-order valence-corrected chi connectivity index (χ4v) is 2.13. The van der Waals surface area contributed by atoms with E-state index in [1.54, 1.807) is 0 Å². The zero-order valence-corrected chi connectivity index (χ0v) is 9.84. The molecule has 1 heterocycles. The molecule has 0 saturated carbocycles. The van der Waals surface area contributed by atoms with Crippen molar-refractivity contribution in [2.75, 3.05) is 14.1 Å². The van der Waals surface area contributed by atoms with Crippen LogP contribution < -0.4 is 5.73 Å². The van der Waals surface area contributed by atoms with Crippen molar-refractivity contribution in [2.45, 2.75) is 19.0 Å². The normalized spacial score (nSPS) is 15.6. The number of nitrogens with zero attached hydrogens (tertiary/aromatic N) is 2. The van der Waals surface area contributed by atoms with E-state index in [9.17, 15) is 0 Å². The first kappa shape index (κ1) is 11.1. The van der Waals surface area contributed by atoms with E-state index in [-0.39, 0.29) is 12.1 Å². The molecule has 2 aromatic rings. The largest absolute Gasteiger partial charge is 0.443 e. The summed E-state index contributed by atoms with van der Waals surface area (Å²) in [5.74, 6) is 0. The molecule has 0 amide bonds. The van der Waals surface area contributed by atoms with E-state index >= 15 is 0 Å². The summed E-state index contributed by atoms with van der Waals surface area (Å²) in [5.41, 5.74) is 8.85. The third-order valence-electron chi connectivity index (χ3n) is 2.75. The summed E-state index contributed by atoms with van der Waals surface area (Å²) in [6, 6.07) is 6.28. The first-order chi connectivity index (χ1) is 7.59. The van der Waals surface area contributed by atoms with Crippen molar-refractivity contribution < 1.29 is 4.42 Å². The van der Waals surface area contributed by atoms with E-state index in [0.29, 0.717) is 0 Å². The molecule has 86 valence electrons. The van der Waals surface area contributed by atoms with Gasteiger partial charge in [0.25, 0.3) is 0 Å². The van der Waals surface area contributed by atoms with Crippen LogP contribution in [0.15, 0.2) is 29.0 Å². The van der Waals surface area contributed by atoms with Crippen molar-refractivity contribution in [1.82, 2.24) is 9.88 Å². The number of nitrogens with two attached hydrogens (primary N) is 1. The van der Waals surface area contributed by atoms with Crippen molar-refractivity contribution in [3.8, 4) is 0 Å². The molecule has 0 spiro atoms. The lowest BCUT2D eigenvalue weighted by atomic mass is 10.00. The zero-order valence-electron chi connectivity index (χ0n) is 9.84. The van der Waals surface area contributed by atoms with Crippen LogP contribution in [0, 0.1) is 0 Å².